The van der Waals surface area contributed by atoms with Crippen molar-refractivity contribution in [3.8, 4) is 11.3 Å². The molecule has 1 aromatic heterocycles. The quantitative estimate of drug-likeness (QED) is 0.718. The molecule has 1 aliphatic rings. The first-order valence-corrected chi connectivity index (χ1v) is 10.6. The topological polar surface area (TPSA) is 49.3 Å². The van der Waals surface area contributed by atoms with Crippen LogP contribution >= 0.6 is 0 Å². The number of nitrogens with zero attached hydrogens (tertiary/aromatic N) is 4. The summed E-state index contributed by atoms with van der Waals surface area (Å²) in [6.07, 6.45) is 4.17. The molecule has 1 atom stereocenters. The number of amides is 1. The standard InChI is InChI=1S/C23H32N4O/c1-4-6-15-26(5-2)23(28)20-8-7-16-27(17-20)22-14-13-21(24-25-22)19-11-9-18(3)10-12-19/h9-14,20H,4-8,15-17H2,1-3H3/t20-/m1/s1. The molecule has 28 heavy (non-hydrogen) atoms. The molecule has 0 saturated carbocycles. The number of unbranched alkanes of at least 4 members (excludes halogenated alkanes) is 1. The lowest BCUT2D eigenvalue weighted by molar-refractivity contribution is -0.135. The van der Waals surface area contributed by atoms with Crippen LogP contribution in [0.5, 0.6) is 0 Å². The molecule has 2 aromatic rings. The van der Waals surface area contributed by atoms with Gasteiger partial charge in [-0.1, -0.05) is 43.2 Å². The third kappa shape index (κ3) is 4.89. The molecule has 5 nitrogen and oxygen atoms in total. The van der Waals surface area contributed by atoms with Crippen LogP contribution in [0.3, 0.4) is 0 Å². The van der Waals surface area contributed by atoms with Crippen molar-refractivity contribution in [1.82, 2.24) is 15.1 Å². The lowest BCUT2D eigenvalue weighted by Gasteiger charge is -2.35. The highest BCUT2D eigenvalue weighted by atomic mass is 16.2. The summed E-state index contributed by atoms with van der Waals surface area (Å²) in [4.78, 5) is 17.2. The van der Waals surface area contributed by atoms with E-state index in [2.05, 4.69) is 60.1 Å². The van der Waals surface area contributed by atoms with Crippen LogP contribution in [0.2, 0.25) is 0 Å². The lowest BCUT2D eigenvalue weighted by atomic mass is 9.96. The van der Waals surface area contributed by atoms with Crippen molar-refractivity contribution in [1.29, 1.82) is 0 Å². The van der Waals surface area contributed by atoms with E-state index in [9.17, 15) is 4.79 Å². The second kappa shape index (κ2) is 9.67. The number of benzene rings is 1. The lowest BCUT2D eigenvalue weighted by Crippen LogP contribution is -2.45. The predicted octanol–water partition coefficient (Wildman–Crippen LogP) is 4.32. The summed E-state index contributed by atoms with van der Waals surface area (Å²) in [6.45, 7) is 9.65. The highest BCUT2D eigenvalue weighted by Crippen LogP contribution is 2.24. The minimum Gasteiger partial charge on any atom is -0.354 e. The Balaban J connectivity index is 1.66. The highest BCUT2D eigenvalue weighted by molar-refractivity contribution is 5.79. The molecule has 1 aromatic carbocycles. The average molecular weight is 381 g/mol. The smallest absolute Gasteiger partial charge is 0.227 e. The van der Waals surface area contributed by atoms with E-state index in [4.69, 9.17) is 0 Å². The SMILES string of the molecule is CCCCN(CC)C(=O)[C@@H]1CCCN(c2ccc(-c3ccc(C)cc3)nn2)C1. The van der Waals surface area contributed by atoms with E-state index in [1.807, 2.05) is 17.0 Å². The Morgan fingerprint density at radius 1 is 1.14 bits per heavy atom. The van der Waals surface area contributed by atoms with Crippen molar-refractivity contribution in [2.45, 2.75) is 46.5 Å². The maximum Gasteiger partial charge on any atom is 0.227 e. The molecule has 1 saturated heterocycles. The number of hydrogen-bond donors (Lipinski definition) is 0. The first-order chi connectivity index (χ1) is 13.6. The number of aromatic nitrogens is 2. The Morgan fingerprint density at radius 3 is 2.57 bits per heavy atom. The largest absolute Gasteiger partial charge is 0.354 e. The van der Waals surface area contributed by atoms with Crippen molar-refractivity contribution in [3.05, 3.63) is 42.0 Å². The van der Waals surface area contributed by atoms with Gasteiger partial charge in [-0.05, 0) is 45.2 Å². The number of aryl methyl sites for hydroxylation is 1. The Bertz CT molecular complexity index is 757. The van der Waals surface area contributed by atoms with Crippen molar-refractivity contribution in [2.75, 3.05) is 31.1 Å². The molecule has 0 aliphatic carbocycles. The molecular weight excluding hydrogens is 348 g/mol. The van der Waals surface area contributed by atoms with Crippen LogP contribution in [0.25, 0.3) is 11.3 Å². The molecule has 3 rings (SSSR count). The third-order valence-corrected chi connectivity index (χ3v) is 5.57. The number of carbonyl (C=O) groups excluding carboxylic acids is 1. The van der Waals surface area contributed by atoms with Gasteiger partial charge in [0.05, 0.1) is 11.6 Å². The molecule has 0 unspecified atom stereocenters. The fraction of sp³-hybridized carbons (Fsp3) is 0.522. The Hall–Kier alpha value is -2.43. The van der Waals surface area contributed by atoms with E-state index in [1.54, 1.807) is 0 Å². The number of rotatable bonds is 7. The maximum atomic E-state index is 12.9. The molecular formula is C23H32N4O. The second-order valence-electron chi connectivity index (χ2n) is 7.70. The van der Waals surface area contributed by atoms with Crippen LogP contribution in [-0.4, -0.2) is 47.2 Å². The van der Waals surface area contributed by atoms with E-state index in [-0.39, 0.29) is 5.92 Å². The van der Waals surface area contributed by atoms with Gasteiger partial charge in [0.25, 0.3) is 0 Å². The molecule has 2 heterocycles. The molecule has 0 radical (unpaired) electrons. The van der Waals surface area contributed by atoms with Gasteiger partial charge in [0.15, 0.2) is 5.82 Å². The normalized spacial score (nSPS) is 16.8. The van der Waals surface area contributed by atoms with Crippen LogP contribution in [-0.2, 0) is 4.79 Å². The van der Waals surface area contributed by atoms with Crippen molar-refractivity contribution in [2.24, 2.45) is 5.92 Å². The van der Waals surface area contributed by atoms with Gasteiger partial charge in [0.2, 0.25) is 5.91 Å². The molecule has 5 heteroatoms. The number of hydrogen-bond acceptors (Lipinski definition) is 4. The van der Waals surface area contributed by atoms with Crippen LogP contribution < -0.4 is 4.90 Å². The predicted molar refractivity (Wildman–Crippen MR) is 114 cm³/mol. The molecule has 150 valence electrons. The van der Waals surface area contributed by atoms with Gasteiger partial charge in [-0.25, -0.2) is 0 Å². The first-order valence-electron chi connectivity index (χ1n) is 10.6. The van der Waals surface area contributed by atoms with Gasteiger partial charge in [0, 0.05) is 31.7 Å². The van der Waals surface area contributed by atoms with Gasteiger partial charge in [-0.15, -0.1) is 10.2 Å². The van der Waals surface area contributed by atoms with Crippen molar-refractivity contribution in [3.63, 3.8) is 0 Å². The zero-order chi connectivity index (χ0) is 19.9. The third-order valence-electron chi connectivity index (χ3n) is 5.57. The van der Waals surface area contributed by atoms with Crippen LogP contribution in [0.1, 0.15) is 45.1 Å². The zero-order valence-electron chi connectivity index (χ0n) is 17.4. The number of anilines is 1. The van der Waals surface area contributed by atoms with E-state index in [0.717, 1.165) is 68.9 Å². The van der Waals surface area contributed by atoms with Gasteiger partial charge >= 0.3 is 0 Å². The van der Waals surface area contributed by atoms with E-state index in [1.165, 1.54) is 5.56 Å². The van der Waals surface area contributed by atoms with E-state index >= 15 is 0 Å². The number of piperidine rings is 1. The average Bonchev–Trinajstić information content (AvgIpc) is 2.75. The fourth-order valence-electron chi connectivity index (χ4n) is 3.79. The Labute approximate surface area is 168 Å². The molecule has 1 amide bonds. The monoisotopic (exact) mass is 380 g/mol. The van der Waals surface area contributed by atoms with E-state index in [0.29, 0.717) is 5.91 Å². The van der Waals surface area contributed by atoms with Crippen molar-refractivity contribution < 1.29 is 4.79 Å². The molecule has 0 bridgehead atoms. The summed E-state index contributed by atoms with van der Waals surface area (Å²) in [7, 11) is 0. The van der Waals surface area contributed by atoms with Crippen LogP contribution in [0.4, 0.5) is 5.82 Å². The van der Waals surface area contributed by atoms with E-state index < -0.39 is 0 Å². The Kier molecular flexibility index (Phi) is 7.01. The highest BCUT2D eigenvalue weighted by Gasteiger charge is 2.29. The minimum atomic E-state index is 0.0594. The summed E-state index contributed by atoms with van der Waals surface area (Å²) in [5.74, 6) is 1.22. The minimum absolute atomic E-state index is 0.0594. The number of carbonyl (C=O) groups is 1. The van der Waals surface area contributed by atoms with Gasteiger partial charge in [-0.3, -0.25) is 4.79 Å². The van der Waals surface area contributed by atoms with Crippen LogP contribution in [0, 0.1) is 12.8 Å². The fourth-order valence-corrected chi connectivity index (χ4v) is 3.79. The van der Waals surface area contributed by atoms with Gasteiger partial charge in [0.1, 0.15) is 0 Å². The molecule has 1 fully saturated rings. The molecule has 0 N–H and O–H groups in total. The summed E-state index contributed by atoms with van der Waals surface area (Å²) >= 11 is 0. The summed E-state index contributed by atoms with van der Waals surface area (Å²) < 4.78 is 0. The molecule has 1 aliphatic heterocycles. The summed E-state index contributed by atoms with van der Waals surface area (Å²) in [5.41, 5.74) is 3.19. The summed E-state index contributed by atoms with van der Waals surface area (Å²) in [5, 5.41) is 8.89. The second-order valence-corrected chi connectivity index (χ2v) is 7.70. The molecule has 0 spiro atoms. The van der Waals surface area contributed by atoms with Crippen LogP contribution in [0.15, 0.2) is 36.4 Å². The zero-order valence-corrected chi connectivity index (χ0v) is 17.4. The van der Waals surface area contributed by atoms with Gasteiger partial charge in [-0.2, -0.15) is 0 Å². The Morgan fingerprint density at radius 2 is 1.93 bits per heavy atom. The summed E-state index contributed by atoms with van der Waals surface area (Å²) in [6, 6.07) is 12.4. The first kappa shape index (κ1) is 20.3. The van der Waals surface area contributed by atoms with Crippen molar-refractivity contribution >= 4 is 11.7 Å². The maximum absolute atomic E-state index is 12.9. The van der Waals surface area contributed by atoms with Gasteiger partial charge < -0.3 is 9.80 Å².